The highest BCUT2D eigenvalue weighted by atomic mass is 16.5. The van der Waals surface area contributed by atoms with Crippen molar-refractivity contribution in [2.24, 2.45) is 0 Å². The molecule has 25 heavy (non-hydrogen) atoms. The van der Waals surface area contributed by atoms with Gasteiger partial charge in [0.1, 0.15) is 5.82 Å². The van der Waals surface area contributed by atoms with Crippen LogP contribution in [0.2, 0.25) is 0 Å². The molecule has 2 amide bonds. The fraction of sp³-hybridized carbons (Fsp3) is 0.444. The number of carbonyl (C=O) groups excluding carboxylic acids is 1. The maximum atomic E-state index is 12.3. The van der Waals surface area contributed by atoms with Gasteiger partial charge < -0.3 is 10.1 Å². The van der Waals surface area contributed by atoms with E-state index in [1.807, 2.05) is 43.3 Å². The van der Waals surface area contributed by atoms with Crippen LogP contribution in [-0.4, -0.2) is 59.6 Å². The Bertz CT molecular complexity index is 695. The first kappa shape index (κ1) is 17.4. The molecule has 2 aromatic rings. The lowest BCUT2D eigenvalue weighted by atomic mass is 10.2. The second kappa shape index (κ2) is 8.13. The number of morpholine rings is 1. The average Bonchev–Trinajstić information content (AvgIpc) is 3.01. The number of amides is 2. The Morgan fingerprint density at radius 2 is 2.00 bits per heavy atom. The van der Waals surface area contributed by atoms with E-state index in [2.05, 4.69) is 27.6 Å². The Morgan fingerprint density at radius 3 is 2.72 bits per heavy atom. The van der Waals surface area contributed by atoms with Crippen LogP contribution in [0.1, 0.15) is 12.6 Å². The summed E-state index contributed by atoms with van der Waals surface area (Å²) in [4.78, 5) is 14.6. The number of para-hydroxylation sites is 1. The molecule has 2 N–H and O–H groups in total. The SMILES string of the molecule is Cc1cc(NC(=O)NC[C@@H](C)N2CCOCC2)n(-c2ccccc2)n1. The molecular weight excluding hydrogens is 318 g/mol. The molecule has 7 heteroatoms. The maximum Gasteiger partial charge on any atom is 0.320 e. The second-order valence-electron chi connectivity index (χ2n) is 6.25. The van der Waals surface area contributed by atoms with Crippen LogP contribution >= 0.6 is 0 Å². The lowest BCUT2D eigenvalue weighted by molar-refractivity contribution is 0.0209. The van der Waals surface area contributed by atoms with Crippen LogP contribution in [0.4, 0.5) is 10.6 Å². The van der Waals surface area contributed by atoms with Gasteiger partial charge in [-0.2, -0.15) is 5.10 Å². The largest absolute Gasteiger partial charge is 0.379 e. The number of carbonyl (C=O) groups is 1. The first-order valence-corrected chi connectivity index (χ1v) is 8.62. The van der Waals surface area contributed by atoms with E-state index in [-0.39, 0.29) is 12.1 Å². The monoisotopic (exact) mass is 343 g/mol. The number of urea groups is 1. The van der Waals surface area contributed by atoms with Crippen LogP contribution in [0, 0.1) is 6.92 Å². The van der Waals surface area contributed by atoms with Crippen molar-refractivity contribution in [3.63, 3.8) is 0 Å². The van der Waals surface area contributed by atoms with Crippen molar-refractivity contribution in [1.82, 2.24) is 20.0 Å². The van der Waals surface area contributed by atoms with Gasteiger partial charge in [0.2, 0.25) is 0 Å². The normalized spacial score (nSPS) is 16.4. The molecule has 0 saturated carbocycles. The van der Waals surface area contributed by atoms with E-state index in [0.717, 1.165) is 37.7 Å². The molecule has 0 aliphatic carbocycles. The quantitative estimate of drug-likeness (QED) is 0.871. The van der Waals surface area contributed by atoms with Gasteiger partial charge in [0.25, 0.3) is 0 Å². The summed E-state index contributed by atoms with van der Waals surface area (Å²) in [5.74, 6) is 0.653. The summed E-state index contributed by atoms with van der Waals surface area (Å²) in [7, 11) is 0. The molecule has 2 heterocycles. The molecular formula is C18H25N5O2. The minimum atomic E-state index is -0.225. The van der Waals surface area contributed by atoms with Crippen LogP contribution in [0.15, 0.2) is 36.4 Å². The second-order valence-corrected chi connectivity index (χ2v) is 6.25. The predicted molar refractivity (Wildman–Crippen MR) is 97.2 cm³/mol. The summed E-state index contributed by atoms with van der Waals surface area (Å²) >= 11 is 0. The third-order valence-corrected chi connectivity index (χ3v) is 4.30. The molecule has 0 radical (unpaired) electrons. The molecule has 1 aliphatic rings. The number of aromatic nitrogens is 2. The van der Waals surface area contributed by atoms with Crippen LogP contribution in [0.5, 0.6) is 0 Å². The van der Waals surface area contributed by atoms with Gasteiger partial charge in [-0.25, -0.2) is 9.48 Å². The van der Waals surface area contributed by atoms with E-state index in [1.165, 1.54) is 0 Å². The average molecular weight is 343 g/mol. The zero-order valence-electron chi connectivity index (χ0n) is 14.7. The minimum absolute atomic E-state index is 0.225. The van der Waals surface area contributed by atoms with Crippen molar-refractivity contribution in [1.29, 1.82) is 0 Å². The summed E-state index contributed by atoms with van der Waals surface area (Å²) in [5.41, 5.74) is 1.76. The van der Waals surface area contributed by atoms with E-state index >= 15 is 0 Å². The van der Waals surface area contributed by atoms with Crippen molar-refractivity contribution in [2.45, 2.75) is 19.9 Å². The lowest BCUT2D eigenvalue weighted by Gasteiger charge is -2.32. The smallest absolute Gasteiger partial charge is 0.320 e. The molecule has 1 aromatic heterocycles. The topological polar surface area (TPSA) is 71.4 Å². The van der Waals surface area contributed by atoms with Gasteiger partial charge in [0, 0.05) is 31.7 Å². The zero-order valence-corrected chi connectivity index (χ0v) is 14.7. The van der Waals surface area contributed by atoms with Crippen molar-refractivity contribution in [3.05, 3.63) is 42.1 Å². The van der Waals surface area contributed by atoms with Crippen molar-refractivity contribution >= 4 is 11.8 Å². The molecule has 1 atom stereocenters. The molecule has 134 valence electrons. The summed E-state index contributed by atoms with van der Waals surface area (Å²) in [6.07, 6.45) is 0. The Kier molecular flexibility index (Phi) is 5.67. The summed E-state index contributed by atoms with van der Waals surface area (Å²) in [6.45, 7) is 7.93. The number of rotatable bonds is 5. The van der Waals surface area contributed by atoms with Crippen LogP contribution in [-0.2, 0) is 4.74 Å². The number of aryl methyl sites for hydroxylation is 1. The van der Waals surface area contributed by atoms with Gasteiger partial charge in [0.05, 0.1) is 24.6 Å². The summed E-state index contributed by atoms with van der Waals surface area (Å²) < 4.78 is 7.10. The molecule has 0 spiro atoms. The first-order chi connectivity index (χ1) is 12.1. The van der Waals surface area contributed by atoms with Crippen molar-refractivity contribution in [3.8, 4) is 5.69 Å². The van der Waals surface area contributed by atoms with Gasteiger partial charge in [0.15, 0.2) is 0 Å². The molecule has 1 fully saturated rings. The van der Waals surface area contributed by atoms with Crippen molar-refractivity contribution < 1.29 is 9.53 Å². The van der Waals surface area contributed by atoms with Crippen molar-refractivity contribution in [2.75, 3.05) is 38.2 Å². The Hall–Kier alpha value is -2.38. The summed E-state index contributed by atoms with van der Waals surface area (Å²) in [6, 6.07) is 11.7. The van der Waals surface area contributed by atoms with Crippen LogP contribution in [0.3, 0.4) is 0 Å². The minimum Gasteiger partial charge on any atom is -0.379 e. The lowest BCUT2D eigenvalue weighted by Crippen LogP contribution is -2.47. The van der Waals surface area contributed by atoms with Gasteiger partial charge in [-0.1, -0.05) is 18.2 Å². The standard InChI is InChI=1S/C18H25N5O2/c1-14-12-17(23(21-14)16-6-4-3-5-7-16)20-18(24)19-13-15(2)22-8-10-25-11-9-22/h3-7,12,15H,8-11,13H2,1-2H3,(H2,19,20,24)/t15-/m1/s1. The van der Waals surface area contributed by atoms with E-state index < -0.39 is 0 Å². The molecule has 3 rings (SSSR count). The highest BCUT2D eigenvalue weighted by Crippen LogP contribution is 2.16. The van der Waals surface area contributed by atoms with Crippen LogP contribution < -0.4 is 10.6 Å². The van der Waals surface area contributed by atoms with E-state index in [0.29, 0.717) is 12.4 Å². The molecule has 0 bridgehead atoms. The molecule has 1 aliphatic heterocycles. The van der Waals surface area contributed by atoms with E-state index in [1.54, 1.807) is 4.68 Å². The van der Waals surface area contributed by atoms with Gasteiger partial charge in [-0.05, 0) is 26.0 Å². The van der Waals surface area contributed by atoms with Gasteiger partial charge in [-0.15, -0.1) is 0 Å². The van der Waals surface area contributed by atoms with Gasteiger partial charge in [-0.3, -0.25) is 10.2 Å². The third kappa shape index (κ3) is 4.58. The number of anilines is 1. The predicted octanol–water partition coefficient (Wildman–Crippen LogP) is 2.02. The first-order valence-electron chi connectivity index (χ1n) is 8.62. The van der Waals surface area contributed by atoms with E-state index in [4.69, 9.17) is 4.74 Å². The number of nitrogens with zero attached hydrogens (tertiary/aromatic N) is 3. The molecule has 1 saturated heterocycles. The fourth-order valence-electron chi connectivity index (χ4n) is 2.90. The molecule has 1 aromatic carbocycles. The molecule has 7 nitrogen and oxygen atoms in total. The molecule has 0 unspecified atom stereocenters. The Morgan fingerprint density at radius 1 is 1.28 bits per heavy atom. The number of nitrogens with one attached hydrogen (secondary N) is 2. The third-order valence-electron chi connectivity index (χ3n) is 4.30. The number of hydrogen-bond acceptors (Lipinski definition) is 4. The number of benzene rings is 1. The highest BCUT2D eigenvalue weighted by Gasteiger charge is 2.18. The highest BCUT2D eigenvalue weighted by molar-refractivity contribution is 5.88. The van der Waals surface area contributed by atoms with Gasteiger partial charge >= 0.3 is 6.03 Å². The number of ether oxygens (including phenoxy) is 1. The summed E-state index contributed by atoms with van der Waals surface area (Å²) in [5, 5.41) is 10.3. The Labute approximate surface area is 148 Å². The Balaban J connectivity index is 1.58. The number of hydrogen-bond donors (Lipinski definition) is 2. The van der Waals surface area contributed by atoms with Crippen LogP contribution in [0.25, 0.3) is 5.69 Å². The zero-order chi connectivity index (χ0) is 17.6. The maximum absolute atomic E-state index is 12.3. The fourth-order valence-corrected chi connectivity index (χ4v) is 2.90. The van der Waals surface area contributed by atoms with E-state index in [9.17, 15) is 4.79 Å².